The van der Waals surface area contributed by atoms with E-state index >= 15 is 0 Å². The van der Waals surface area contributed by atoms with Crippen LogP contribution in [0.4, 0.5) is 0 Å². The highest BCUT2D eigenvalue weighted by atomic mass is 16.5. The predicted octanol–water partition coefficient (Wildman–Crippen LogP) is 6.68. The van der Waals surface area contributed by atoms with Crippen molar-refractivity contribution in [3.05, 3.63) is 66.2 Å². The summed E-state index contributed by atoms with van der Waals surface area (Å²) in [6, 6.07) is 13.1. The number of hydrogen-bond donors (Lipinski definition) is 0. The Bertz CT molecular complexity index is 1020. The number of unbranched alkanes of at least 4 members (excludes halogenated alkanes) is 1. The summed E-state index contributed by atoms with van der Waals surface area (Å²) >= 11 is 0. The lowest BCUT2D eigenvalue weighted by Crippen LogP contribution is -2.49. The lowest BCUT2D eigenvalue weighted by molar-refractivity contribution is -0.883. The van der Waals surface area contributed by atoms with Crippen molar-refractivity contribution in [1.29, 1.82) is 0 Å². The molecule has 1 amide bonds. The summed E-state index contributed by atoms with van der Waals surface area (Å²) in [6.07, 6.45) is 6.81. The van der Waals surface area contributed by atoms with Gasteiger partial charge in [-0.2, -0.15) is 0 Å². The lowest BCUT2D eigenvalue weighted by atomic mass is 10.1. The number of Topliss-reactive ketones (excluding diaryl/α,β-unsaturated/α-hetero) is 1. The number of nitrogens with zero attached hydrogens (tertiary/aromatic N) is 2. The number of ether oxygens (including phenoxy) is 2. The third-order valence-electron chi connectivity index (χ3n) is 6.46. The number of carbonyl (C=O) groups is 2. The first-order valence-corrected chi connectivity index (χ1v) is 14.0. The monoisotopic (exact) mass is 523 g/mol. The summed E-state index contributed by atoms with van der Waals surface area (Å²) in [5, 5.41) is 0. The Morgan fingerprint density at radius 2 is 1.66 bits per heavy atom. The molecule has 0 unspecified atom stereocenters. The highest BCUT2D eigenvalue weighted by Gasteiger charge is 2.23. The summed E-state index contributed by atoms with van der Waals surface area (Å²) in [4.78, 5) is 26.7. The van der Waals surface area contributed by atoms with E-state index in [4.69, 9.17) is 9.47 Å². The number of carbonyl (C=O) groups excluding carboxylic acids is 2. The largest absolute Gasteiger partial charge is 0.489 e. The van der Waals surface area contributed by atoms with Gasteiger partial charge in [-0.15, -0.1) is 6.58 Å². The van der Waals surface area contributed by atoms with Gasteiger partial charge in [0.05, 0.1) is 27.2 Å². The van der Waals surface area contributed by atoms with Crippen molar-refractivity contribution < 1.29 is 23.5 Å². The number of likely N-dealkylation sites (N-methyl/N-ethyl adjacent to an activating group) is 1. The lowest BCUT2D eigenvalue weighted by Gasteiger charge is -2.32. The third kappa shape index (κ3) is 9.97. The first-order chi connectivity index (χ1) is 18.2. The Morgan fingerprint density at radius 1 is 0.974 bits per heavy atom. The van der Waals surface area contributed by atoms with Gasteiger partial charge in [0.15, 0.2) is 23.8 Å². The smallest absolute Gasteiger partial charge is 0.277 e. The van der Waals surface area contributed by atoms with Crippen LogP contribution in [0.15, 0.2) is 55.1 Å². The fourth-order valence-electron chi connectivity index (χ4n) is 4.42. The molecule has 6 nitrogen and oxygen atoms in total. The van der Waals surface area contributed by atoms with E-state index in [0.29, 0.717) is 47.5 Å². The first-order valence-electron chi connectivity index (χ1n) is 14.0. The Hall–Kier alpha value is -3.12. The van der Waals surface area contributed by atoms with E-state index in [-0.39, 0.29) is 11.7 Å². The van der Waals surface area contributed by atoms with E-state index in [0.717, 1.165) is 56.6 Å². The van der Waals surface area contributed by atoms with Gasteiger partial charge in [0, 0.05) is 30.6 Å². The molecule has 0 aliphatic carbocycles. The van der Waals surface area contributed by atoms with Crippen molar-refractivity contribution in [2.75, 3.05) is 46.9 Å². The SMILES string of the molecule is C=CCc1cccc(Oc2ccc(C(=O)CC)cc2)c1OCCCC[N+](C)(C)CC(=O)N(CCC)CCC. The number of allylic oxidation sites excluding steroid dienone is 1. The van der Waals surface area contributed by atoms with Gasteiger partial charge in [-0.25, -0.2) is 0 Å². The van der Waals surface area contributed by atoms with Crippen LogP contribution in [-0.2, 0) is 11.2 Å². The summed E-state index contributed by atoms with van der Waals surface area (Å²) in [5.41, 5.74) is 1.70. The molecular formula is C32H47N2O4+. The Balaban J connectivity index is 1.97. The molecule has 2 rings (SSSR count). The van der Waals surface area contributed by atoms with E-state index in [1.807, 2.05) is 48.2 Å². The van der Waals surface area contributed by atoms with Gasteiger partial charge >= 0.3 is 0 Å². The highest BCUT2D eigenvalue weighted by molar-refractivity contribution is 5.95. The van der Waals surface area contributed by atoms with Crippen molar-refractivity contribution in [2.24, 2.45) is 0 Å². The van der Waals surface area contributed by atoms with Crippen LogP contribution in [0.3, 0.4) is 0 Å². The van der Waals surface area contributed by atoms with Crippen molar-refractivity contribution in [2.45, 2.75) is 59.3 Å². The molecule has 0 aliphatic heterocycles. The van der Waals surface area contributed by atoms with Crippen LogP contribution in [-0.4, -0.2) is 68.0 Å². The van der Waals surface area contributed by atoms with E-state index in [9.17, 15) is 9.59 Å². The number of ketones is 1. The van der Waals surface area contributed by atoms with Crippen LogP contribution in [0, 0.1) is 0 Å². The summed E-state index contributed by atoms with van der Waals surface area (Å²) in [6.45, 7) is 13.6. The van der Waals surface area contributed by atoms with E-state index < -0.39 is 0 Å². The molecular weight excluding hydrogens is 476 g/mol. The maximum Gasteiger partial charge on any atom is 0.277 e. The van der Waals surface area contributed by atoms with Gasteiger partial charge in [-0.05, 0) is 62.4 Å². The van der Waals surface area contributed by atoms with Gasteiger partial charge in [0.1, 0.15) is 5.75 Å². The molecule has 0 saturated heterocycles. The second kappa shape index (κ2) is 16.0. The topological polar surface area (TPSA) is 55.8 Å². The third-order valence-corrected chi connectivity index (χ3v) is 6.46. The minimum atomic E-state index is 0.110. The fraction of sp³-hybridized carbons (Fsp3) is 0.500. The fourth-order valence-corrected chi connectivity index (χ4v) is 4.42. The van der Waals surface area contributed by atoms with Crippen LogP contribution < -0.4 is 9.47 Å². The Morgan fingerprint density at radius 3 is 2.26 bits per heavy atom. The van der Waals surface area contributed by atoms with Gasteiger partial charge in [0.25, 0.3) is 5.91 Å². The van der Waals surface area contributed by atoms with E-state index in [2.05, 4.69) is 34.5 Å². The Labute approximate surface area is 229 Å². The summed E-state index contributed by atoms with van der Waals surface area (Å²) in [5.74, 6) is 2.37. The van der Waals surface area contributed by atoms with Crippen molar-refractivity contribution in [3.8, 4) is 17.2 Å². The average Bonchev–Trinajstić information content (AvgIpc) is 2.89. The zero-order valence-corrected chi connectivity index (χ0v) is 24.1. The Kier molecular flexibility index (Phi) is 13.1. The molecule has 0 saturated carbocycles. The van der Waals surface area contributed by atoms with Crippen molar-refractivity contribution >= 4 is 11.7 Å². The predicted molar refractivity (Wildman–Crippen MR) is 155 cm³/mol. The average molecular weight is 524 g/mol. The van der Waals surface area contributed by atoms with E-state index in [1.165, 1.54) is 0 Å². The molecule has 0 aromatic heterocycles. The van der Waals surface area contributed by atoms with Crippen molar-refractivity contribution in [1.82, 2.24) is 4.90 Å². The molecule has 6 heteroatoms. The highest BCUT2D eigenvalue weighted by Crippen LogP contribution is 2.35. The molecule has 0 spiro atoms. The first kappa shape index (κ1) is 31.1. The minimum Gasteiger partial charge on any atom is -0.489 e. The van der Waals surface area contributed by atoms with Crippen molar-refractivity contribution in [3.63, 3.8) is 0 Å². The zero-order valence-electron chi connectivity index (χ0n) is 24.1. The number of para-hydroxylation sites is 1. The maximum atomic E-state index is 12.8. The minimum absolute atomic E-state index is 0.110. The number of benzene rings is 2. The van der Waals surface area contributed by atoms with E-state index in [1.54, 1.807) is 12.1 Å². The van der Waals surface area contributed by atoms with Gasteiger partial charge < -0.3 is 18.9 Å². The standard InChI is InChI=1S/C32H47N2O4/c1-7-14-27-15-13-16-30(38-28-19-17-26(18-20-28)29(35)10-4)32(27)37-24-12-11-23-34(5,6)25-31(36)33(21-8-2)22-9-3/h7,13,15-20H,1,8-12,14,21-25H2,2-6H3/q+1. The number of amides is 1. The number of rotatable bonds is 18. The molecule has 0 atom stereocenters. The van der Waals surface area contributed by atoms with Gasteiger partial charge in [-0.3, -0.25) is 9.59 Å². The zero-order chi connectivity index (χ0) is 28.0. The number of quaternary nitrogens is 1. The molecule has 0 N–H and O–H groups in total. The van der Waals surface area contributed by atoms with Gasteiger partial charge in [-0.1, -0.05) is 39.0 Å². The maximum absolute atomic E-state index is 12.8. The molecule has 0 fully saturated rings. The van der Waals surface area contributed by atoms with Crippen LogP contribution in [0.5, 0.6) is 17.2 Å². The normalized spacial score (nSPS) is 11.2. The second-order valence-electron chi connectivity index (χ2n) is 10.4. The number of hydrogen-bond acceptors (Lipinski definition) is 4. The van der Waals surface area contributed by atoms with Crippen LogP contribution in [0.2, 0.25) is 0 Å². The van der Waals surface area contributed by atoms with Crippen LogP contribution in [0.25, 0.3) is 0 Å². The molecule has 0 bridgehead atoms. The quantitative estimate of drug-likeness (QED) is 0.0946. The summed E-state index contributed by atoms with van der Waals surface area (Å²) < 4.78 is 13.1. The molecule has 0 aliphatic rings. The molecule has 2 aromatic rings. The summed E-state index contributed by atoms with van der Waals surface area (Å²) in [7, 11) is 4.25. The molecule has 208 valence electrons. The van der Waals surface area contributed by atoms with Crippen LogP contribution in [0.1, 0.15) is 68.8 Å². The molecule has 2 aromatic carbocycles. The van der Waals surface area contributed by atoms with Gasteiger partial charge in [0.2, 0.25) is 0 Å². The molecule has 0 radical (unpaired) electrons. The van der Waals surface area contributed by atoms with Crippen LogP contribution >= 0.6 is 0 Å². The molecule has 0 heterocycles. The molecule has 38 heavy (non-hydrogen) atoms. The second-order valence-corrected chi connectivity index (χ2v) is 10.4.